The minimum absolute atomic E-state index is 0.136. The van der Waals surface area contributed by atoms with Gasteiger partial charge in [-0.2, -0.15) is 9.37 Å². The predicted octanol–water partition coefficient (Wildman–Crippen LogP) is 2.12. The molecule has 0 aliphatic rings. The van der Waals surface area contributed by atoms with Crippen LogP contribution in [0.3, 0.4) is 0 Å². The van der Waals surface area contributed by atoms with Crippen LogP contribution in [0, 0.1) is 11.6 Å². The molecule has 1 heterocycles. The molecule has 7 heteroatoms. The molecule has 0 atom stereocenters. The Morgan fingerprint density at radius 3 is 2.74 bits per heavy atom. The molecule has 1 aromatic heterocycles. The van der Waals surface area contributed by atoms with Gasteiger partial charge in [0, 0.05) is 0 Å². The highest BCUT2D eigenvalue weighted by molar-refractivity contribution is 5.25. The molecule has 2 N–H and O–H groups in total. The van der Waals surface area contributed by atoms with E-state index in [9.17, 15) is 8.78 Å². The van der Waals surface area contributed by atoms with Crippen LogP contribution in [0.2, 0.25) is 0 Å². The van der Waals surface area contributed by atoms with Gasteiger partial charge in [0.05, 0.1) is 5.54 Å². The molecule has 0 bridgehead atoms. The summed E-state index contributed by atoms with van der Waals surface area (Å²) in [5.41, 5.74) is 5.04. The number of halogens is 2. The molecule has 0 amide bonds. The van der Waals surface area contributed by atoms with Gasteiger partial charge < -0.3 is 15.0 Å². The molecule has 0 spiro atoms. The van der Waals surface area contributed by atoms with E-state index >= 15 is 0 Å². The monoisotopic (exact) mass is 269 g/mol. The van der Waals surface area contributed by atoms with Crippen molar-refractivity contribution in [1.29, 1.82) is 0 Å². The summed E-state index contributed by atoms with van der Waals surface area (Å²) in [7, 11) is 0. The van der Waals surface area contributed by atoms with E-state index < -0.39 is 17.2 Å². The van der Waals surface area contributed by atoms with Crippen molar-refractivity contribution in [3.63, 3.8) is 0 Å². The Bertz CT molecular complexity index is 579. The summed E-state index contributed by atoms with van der Waals surface area (Å²) in [5.74, 6) is -1.80. The lowest BCUT2D eigenvalue weighted by Crippen LogP contribution is -2.30. The van der Waals surface area contributed by atoms with Crippen LogP contribution < -0.4 is 10.5 Å². The zero-order chi connectivity index (χ0) is 14.0. The largest absolute Gasteiger partial charge is 0.481 e. The van der Waals surface area contributed by atoms with Gasteiger partial charge in [-0.1, -0.05) is 11.2 Å². The second kappa shape index (κ2) is 4.93. The topological polar surface area (TPSA) is 74.2 Å². The maximum atomic E-state index is 13.3. The third kappa shape index (κ3) is 3.05. The first kappa shape index (κ1) is 13.4. The molecule has 0 aliphatic heterocycles. The SMILES string of the molecule is CC(C)(N)c1noc(COc2cccc(F)c2F)n1. The standard InChI is InChI=1S/C12H13F2N3O2/c1-12(2,15)11-16-9(19-17-11)6-18-8-5-3-4-7(13)10(8)14/h3-5H,6,15H2,1-2H3. The van der Waals surface area contributed by atoms with Gasteiger partial charge in [-0.05, 0) is 26.0 Å². The van der Waals surface area contributed by atoms with Gasteiger partial charge >= 0.3 is 0 Å². The first-order chi connectivity index (χ1) is 8.88. The molecule has 0 fully saturated rings. The van der Waals surface area contributed by atoms with Crippen molar-refractivity contribution in [3.05, 3.63) is 41.5 Å². The van der Waals surface area contributed by atoms with Crippen molar-refractivity contribution < 1.29 is 18.0 Å². The number of hydrogen-bond donors (Lipinski definition) is 1. The van der Waals surface area contributed by atoms with Crippen molar-refractivity contribution in [2.45, 2.75) is 26.0 Å². The first-order valence-electron chi connectivity index (χ1n) is 5.56. The highest BCUT2D eigenvalue weighted by atomic mass is 19.2. The van der Waals surface area contributed by atoms with Crippen LogP contribution >= 0.6 is 0 Å². The van der Waals surface area contributed by atoms with Crippen LogP contribution in [-0.4, -0.2) is 10.1 Å². The number of rotatable bonds is 4. The van der Waals surface area contributed by atoms with E-state index in [-0.39, 0.29) is 18.2 Å². The molecule has 0 saturated heterocycles. The molecule has 0 aliphatic carbocycles. The quantitative estimate of drug-likeness (QED) is 0.920. The van der Waals surface area contributed by atoms with Crippen molar-refractivity contribution in [2.24, 2.45) is 5.73 Å². The number of ether oxygens (including phenoxy) is 1. The van der Waals surface area contributed by atoms with E-state index in [4.69, 9.17) is 15.0 Å². The lowest BCUT2D eigenvalue weighted by Gasteiger charge is -2.11. The van der Waals surface area contributed by atoms with Crippen LogP contribution in [0.15, 0.2) is 22.7 Å². The minimum Gasteiger partial charge on any atom is -0.481 e. The number of benzene rings is 1. The molecule has 2 aromatic rings. The molecule has 0 unspecified atom stereocenters. The van der Waals surface area contributed by atoms with Gasteiger partial charge in [-0.3, -0.25) is 0 Å². The van der Waals surface area contributed by atoms with Gasteiger partial charge in [0.2, 0.25) is 5.82 Å². The summed E-state index contributed by atoms with van der Waals surface area (Å²) in [5, 5.41) is 3.68. The summed E-state index contributed by atoms with van der Waals surface area (Å²) < 4.78 is 36.2. The maximum absolute atomic E-state index is 13.3. The van der Waals surface area contributed by atoms with Gasteiger partial charge in [0.1, 0.15) is 0 Å². The smallest absolute Gasteiger partial charge is 0.264 e. The van der Waals surface area contributed by atoms with Crippen molar-refractivity contribution >= 4 is 0 Å². The highest BCUT2D eigenvalue weighted by Crippen LogP contribution is 2.20. The second-order valence-electron chi connectivity index (χ2n) is 4.57. The normalized spacial score (nSPS) is 11.6. The Morgan fingerprint density at radius 2 is 2.11 bits per heavy atom. The Morgan fingerprint density at radius 1 is 1.37 bits per heavy atom. The van der Waals surface area contributed by atoms with E-state index in [1.165, 1.54) is 12.1 Å². The Balaban J connectivity index is 2.07. The fourth-order valence-corrected chi connectivity index (χ4v) is 1.31. The number of hydrogen-bond acceptors (Lipinski definition) is 5. The van der Waals surface area contributed by atoms with Gasteiger partial charge in [0.15, 0.2) is 24.0 Å². The average Bonchev–Trinajstić information content (AvgIpc) is 2.79. The van der Waals surface area contributed by atoms with E-state index in [1.807, 2.05) is 0 Å². The zero-order valence-corrected chi connectivity index (χ0v) is 10.5. The van der Waals surface area contributed by atoms with E-state index in [1.54, 1.807) is 13.8 Å². The van der Waals surface area contributed by atoms with Gasteiger partial charge in [0.25, 0.3) is 5.89 Å². The summed E-state index contributed by atoms with van der Waals surface area (Å²) in [4.78, 5) is 4.00. The van der Waals surface area contributed by atoms with Crippen molar-refractivity contribution in [3.8, 4) is 5.75 Å². The van der Waals surface area contributed by atoms with Gasteiger partial charge in [-0.25, -0.2) is 4.39 Å². The number of aromatic nitrogens is 2. The summed E-state index contributed by atoms with van der Waals surface area (Å²) in [6.45, 7) is 3.27. The van der Waals surface area contributed by atoms with E-state index in [0.717, 1.165) is 6.07 Å². The van der Waals surface area contributed by atoms with Crippen LogP contribution in [0.1, 0.15) is 25.6 Å². The maximum Gasteiger partial charge on any atom is 0.264 e. The zero-order valence-electron chi connectivity index (χ0n) is 10.5. The predicted molar refractivity (Wildman–Crippen MR) is 62.2 cm³/mol. The molecule has 0 radical (unpaired) electrons. The van der Waals surface area contributed by atoms with Gasteiger partial charge in [-0.15, -0.1) is 0 Å². The Hall–Kier alpha value is -2.02. The summed E-state index contributed by atoms with van der Waals surface area (Å²) in [6, 6.07) is 3.66. The molecule has 2 rings (SSSR count). The van der Waals surface area contributed by atoms with E-state index in [0.29, 0.717) is 5.82 Å². The first-order valence-corrected chi connectivity index (χ1v) is 5.56. The lowest BCUT2D eigenvalue weighted by molar-refractivity contribution is 0.231. The fourth-order valence-electron chi connectivity index (χ4n) is 1.31. The van der Waals surface area contributed by atoms with E-state index in [2.05, 4.69) is 10.1 Å². The molecule has 19 heavy (non-hydrogen) atoms. The van der Waals surface area contributed by atoms with Crippen LogP contribution in [0.5, 0.6) is 5.75 Å². The molecular weight excluding hydrogens is 256 g/mol. The molecule has 5 nitrogen and oxygen atoms in total. The lowest BCUT2D eigenvalue weighted by atomic mass is 10.1. The number of nitrogens with two attached hydrogens (primary N) is 1. The molecular formula is C12H13F2N3O2. The Kier molecular flexibility index (Phi) is 3.48. The summed E-state index contributed by atoms with van der Waals surface area (Å²) in [6.07, 6.45) is 0. The highest BCUT2D eigenvalue weighted by Gasteiger charge is 2.21. The van der Waals surface area contributed by atoms with Crippen molar-refractivity contribution in [2.75, 3.05) is 0 Å². The number of nitrogens with zero attached hydrogens (tertiary/aromatic N) is 2. The minimum atomic E-state index is -1.05. The van der Waals surface area contributed by atoms with Crippen molar-refractivity contribution in [1.82, 2.24) is 10.1 Å². The average molecular weight is 269 g/mol. The summed E-state index contributed by atoms with van der Waals surface area (Å²) >= 11 is 0. The third-order valence-electron chi connectivity index (χ3n) is 2.31. The fraction of sp³-hybridized carbons (Fsp3) is 0.333. The molecule has 0 saturated carbocycles. The Labute approximate surface area is 108 Å². The molecule has 1 aromatic carbocycles. The molecule has 102 valence electrons. The third-order valence-corrected chi connectivity index (χ3v) is 2.31. The van der Waals surface area contributed by atoms with Crippen LogP contribution in [0.4, 0.5) is 8.78 Å². The second-order valence-corrected chi connectivity index (χ2v) is 4.57. The van der Waals surface area contributed by atoms with Crippen LogP contribution in [-0.2, 0) is 12.1 Å². The van der Waals surface area contributed by atoms with Crippen LogP contribution in [0.25, 0.3) is 0 Å².